The molecule has 4 rings (SSSR count). The predicted octanol–water partition coefficient (Wildman–Crippen LogP) is 5.89. The maximum atomic E-state index is 13.1. The summed E-state index contributed by atoms with van der Waals surface area (Å²) >= 11 is 8.30. The standard InChI is InChI=1S/C26H26ClFN2OS.C4H6O4/c1-17(19-6-9-22(28)10-7-19)30-26(31)21-4-2-18(3-5-21)16-32-25-23-13-15-29-14-12-20(23)8-11-24(25)27;5-3(6)1-2-4(7)8/h2-11,17,29H,12-16H2,1H3,(H,30,31);1-2H2,(H,5,6)(H,7,8)/t17-;/m1./s1. The number of halogens is 2. The summed E-state index contributed by atoms with van der Waals surface area (Å²) in [5.74, 6) is -1.80. The van der Waals surface area contributed by atoms with Crippen molar-refractivity contribution in [3.8, 4) is 0 Å². The Labute approximate surface area is 242 Å². The second kappa shape index (κ2) is 15.4. The summed E-state index contributed by atoms with van der Waals surface area (Å²) in [6, 6.07) is 17.8. The average molecular weight is 587 g/mol. The number of nitrogens with one attached hydrogen (secondary N) is 2. The number of carboxylic acids is 2. The molecule has 0 aromatic heterocycles. The van der Waals surface area contributed by atoms with Gasteiger partial charge in [-0.15, -0.1) is 11.8 Å². The van der Waals surface area contributed by atoms with Crippen LogP contribution in [-0.4, -0.2) is 41.1 Å². The second-order valence-corrected chi connectivity index (χ2v) is 10.7. The van der Waals surface area contributed by atoms with Gasteiger partial charge in [0, 0.05) is 16.2 Å². The summed E-state index contributed by atoms with van der Waals surface area (Å²) in [5.41, 5.74) is 5.34. The molecule has 1 aliphatic rings. The van der Waals surface area contributed by atoms with Crippen LogP contribution in [0.25, 0.3) is 0 Å². The first kappa shape index (κ1) is 31.1. The molecule has 0 saturated carbocycles. The van der Waals surface area contributed by atoms with Gasteiger partial charge in [0.25, 0.3) is 5.91 Å². The Morgan fingerprint density at radius 1 is 0.950 bits per heavy atom. The van der Waals surface area contributed by atoms with E-state index in [4.69, 9.17) is 21.8 Å². The van der Waals surface area contributed by atoms with Crippen molar-refractivity contribution in [1.82, 2.24) is 10.6 Å². The number of hydrogen-bond acceptors (Lipinski definition) is 5. The first-order valence-electron chi connectivity index (χ1n) is 12.9. The first-order chi connectivity index (χ1) is 19.1. The molecule has 4 N–H and O–H groups in total. The van der Waals surface area contributed by atoms with Crippen LogP contribution in [0.1, 0.15) is 58.4 Å². The van der Waals surface area contributed by atoms with Crippen molar-refractivity contribution in [2.24, 2.45) is 0 Å². The fourth-order valence-electron chi connectivity index (χ4n) is 4.10. The van der Waals surface area contributed by atoms with E-state index in [9.17, 15) is 18.8 Å². The third-order valence-corrected chi connectivity index (χ3v) is 7.96. The fraction of sp³-hybridized carbons (Fsp3) is 0.300. The molecule has 3 aromatic carbocycles. The number of thioether (sulfide) groups is 1. The van der Waals surface area contributed by atoms with E-state index in [0.717, 1.165) is 47.8 Å². The highest BCUT2D eigenvalue weighted by Gasteiger charge is 2.16. The van der Waals surface area contributed by atoms with Crippen molar-refractivity contribution in [2.45, 2.75) is 49.3 Å². The Bertz CT molecular complexity index is 1300. The number of rotatable bonds is 9. The molecule has 0 saturated heterocycles. The van der Waals surface area contributed by atoms with Crippen LogP contribution in [0, 0.1) is 5.82 Å². The van der Waals surface area contributed by atoms with Crippen LogP contribution in [-0.2, 0) is 28.2 Å². The molecule has 1 amide bonds. The number of hydrogen-bond donors (Lipinski definition) is 4. The van der Waals surface area contributed by atoms with Crippen molar-refractivity contribution >= 4 is 41.2 Å². The predicted molar refractivity (Wildman–Crippen MR) is 155 cm³/mol. The second-order valence-electron chi connectivity index (χ2n) is 9.28. The van der Waals surface area contributed by atoms with Gasteiger partial charge in [-0.05, 0) is 85.4 Å². The molecule has 0 spiro atoms. The average Bonchev–Trinajstić information content (AvgIpc) is 3.18. The van der Waals surface area contributed by atoms with Gasteiger partial charge in [0.2, 0.25) is 0 Å². The van der Waals surface area contributed by atoms with E-state index in [1.165, 1.54) is 28.2 Å². The van der Waals surface area contributed by atoms with Crippen LogP contribution in [0.5, 0.6) is 0 Å². The first-order valence-corrected chi connectivity index (χ1v) is 14.2. The highest BCUT2D eigenvalue weighted by molar-refractivity contribution is 7.98. The number of amides is 1. The lowest BCUT2D eigenvalue weighted by Gasteiger charge is -2.15. The summed E-state index contributed by atoms with van der Waals surface area (Å²) in [4.78, 5) is 33.1. The molecule has 3 aromatic rings. The summed E-state index contributed by atoms with van der Waals surface area (Å²) in [6.45, 7) is 3.86. The van der Waals surface area contributed by atoms with Gasteiger partial charge >= 0.3 is 11.9 Å². The SMILES string of the molecule is C[C@@H](NC(=O)c1ccc(CSc2c(Cl)ccc3c2CCNCC3)cc1)c1ccc(F)cc1.O=C(O)CCC(=O)O. The van der Waals surface area contributed by atoms with Gasteiger partial charge < -0.3 is 20.8 Å². The molecule has 212 valence electrons. The Kier molecular flexibility index (Phi) is 12.0. The summed E-state index contributed by atoms with van der Waals surface area (Å²) in [7, 11) is 0. The molecule has 7 nitrogen and oxygen atoms in total. The summed E-state index contributed by atoms with van der Waals surface area (Å²) in [6.07, 6.45) is 1.43. The van der Waals surface area contributed by atoms with E-state index in [1.54, 1.807) is 23.9 Å². The zero-order valence-corrected chi connectivity index (χ0v) is 23.7. The van der Waals surface area contributed by atoms with Gasteiger partial charge in [0.1, 0.15) is 5.82 Å². The van der Waals surface area contributed by atoms with E-state index < -0.39 is 11.9 Å². The van der Waals surface area contributed by atoms with Crippen LogP contribution in [0.4, 0.5) is 4.39 Å². The van der Waals surface area contributed by atoms with E-state index >= 15 is 0 Å². The van der Waals surface area contributed by atoms with Crippen molar-refractivity contribution in [1.29, 1.82) is 0 Å². The van der Waals surface area contributed by atoms with Gasteiger partial charge in [0.05, 0.1) is 23.9 Å². The third-order valence-electron chi connectivity index (χ3n) is 6.30. The van der Waals surface area contributed by atoms with Crippen LogP contribution >= 0.6 is 23.4 Å². The van der Waals surface area contributed by atoms with Gasteiger partial charge in [-0.2, -0.15) is 0 Å². The van der Waals surface area contributed by atoms with Crippen molar-refractivity contribution in [2.75, 3.05) is 13.1 Å². The molecular formula is C30H32ClFN2O5S. The van der Waals surface area contributed by atoms with Gasteiger partial charge in [-0.1, -0.05) is 41.9 Å². The smallest absolute Gasteiger partial charge is 0.303 e. The topological polar surface area (TPSA) is 116 Å². The Morgan fingerprint density at radius 3 is 2.20 bits per heavy atom. The Morgan fingerprint density at radius 2 is 1.57 bits per heavy atom. The summed E-state index contributed by atoms with van der Waals surface area (Å²) in [5, 5.41) is 23.0. The van der Waals surface area contributed by atoms with Crippen molar-refractivity contribution in [3.63, 3.8) is 0 Å². The Hall–Kier alpha value is -3.40. The largest absolute Gasteiger partial charge is 0.481 e. The zero-order chi connectivity index (χ0) is 29.1. The molecule has 0 fully saturated rings. The normalized spacial score (nSPS) is 13.2. The quantitative estimate of drug-likeness (QED) is 0.231. The molecule has 0 unspecified atom stereocenters. The number of carboxylic acid groups (broad SMARTS) is 2. The van der Waals surface area contributed by atoms with Crippen molar-refractivity contribution in [3.05, 3.63) is 99.3 Å². The molecular weight excluding hydrogens is 555 g/mol. The molecule has 40 heavy (non-hydrogen) atoms. The number of carbonyl (C=O) groups excluding carboxylic acids is 1. The Balaban J connectivity index is 0.000000482. The van der Waals surface area contributed by atoms with Crippen LogP contribution in [0.15, 0.2) is 65.6 Å². The van der Waals surface area contributed by atoms with E-state index in [0.29, 0.717) is 5.56 Å². The van der Waals surface area contributed by atoms with Crippen LogP contribution in [0.3, 0.4) is 0 Å². The number of aliphatic carboxylic acids is 2. The van der Waals surface area contributed by atoms with Crippen molar-refractivity contribution < 1.29 is 29.0 Å². The summed E-state index contributed by atoms with van der Waals surface area (Å²) < 4.78 is 13.1. The molecule has 10 heteroatoms. The van der Waals surface area contributed by atoms with E-state index in [2.05, 4.69) is 16.7 Å². The molecule has 0 radical (unpaired) electrons. The third kappa shape index (κ3) is 9.66. The number of carbonyl (C=O) groups is 3. The zero-order valence-electron chi connectivity index (χ0n) is 22.1. The molecule has 0 bridgehead atoms. The fourth-order valence-corrected chi connectivity index (χ4v) is 5.56. The van der Waals surface area contributed by atoms with Crippen LogP contribution < -0.4 is 10.6 Å². The van der Waals surface area contributed by atoms with E-state index in [-0.39, 0.29) is 30.6 Å². The number of fused-ring (bicyclic) bond motifs is 1. The minimum Gasteiger partial charge on any atom is -0.481 e. The minimum absolute atomic E-state index is 0.148. The van der Waals surface area contributed by atoms with Gasteiger partial charge in [0.15, 0.2) is 0 Å². The van der Waals surface area contributed by atoms with Gasteiger partial charge in [-0.3, -0.25) is 14.4 Å². The van der Waals surface area contributed by atoms with Crippen LogP contribution in [0.2, 0.25) is 5.02 Å². The minimum atomic E-state index is -1.08. The van der Waals surface area contributed by atoms with E-state index in [1.807, 2.05) is 37.3 Å². The maximum absolute atomic E-state index is 13.1. The molecule has 1 aliphatic heterocycles. The lowest BCUT2D eigenvalue weighted by atomic mass is 10.0. The number of benzene rings is 3. The molecule has 1 atom stereocenters. The maximum Gasteiger partial charge on any atom is 0.303 e. The highest BCUT2D eigenvalue weighted by Crippen LogP contribution is 2.36. The monoisotopic (exact) mass is 586 g/mol. The van der Waals surface area contributed by atoms with Gasteiger partial charge in [-0.25, -0.2) is 4.39 Å². The lowest BCUT2D eigenvalue weighted by molar-refractivity contribution is -0.143. The molecule has 0 aliphatic carbocycles. The molecule has 1 heterocycles. The lowest BCUT2D eigenvalue weighted by Crippen LogP contribution is -2.26. The highest BCUT2D eigenvalue weighted by atomic mass is 35.5.